The maximum Gasteiger partial charge on any atom is 0.334 e. The van der Waals surface area contributed by atoms with Crippen LogP contribution in [0.3, 0.4) is 0 Å². The molecule has 0 bridgehead atoms. The molecule has 2 N–H and O–H groups in total. The van der Waals surface area contributed by atoms with Gasteiger partial charge in [0, 0.05) is 42.4 Å². The predicted octanol–water partition coefficient (Wildman–Crippen LogP) is 5.03. The van der Waals surface area contributed by atoms with Gasteiger partial charge in [-0.3, -0.25) is 9.59 Å². The quantitative estimate of drug-likeness (QED) is 0.233. The highest BCUT2D eigenvalue weighted by atomic mass is 16.3. The number of piperazine rings is 1. The summed E-state index contributed by atoms with van der Waals surface area (Å²) in [6, 6.07) is 28.7. The molecule has 1 aromatic heterocycles. The first-order valence-corrected chi connectivity index (χ1v) is 15.6. The second kappa shape index (κ2) is 12.6. The summed E-state index contributed by atoms with van der Waals surface area (Å²) in [5.74, 6) is -0.366. The summed E-state index contributed by atoms with van der Waals surface area (Å²) in [6.45, 7) is 4.66. The Morgan fingerprint density at radius 2 is 1.66 bits per heavy atom. The van der Waals surface area contributed by atoms with E-state index in [0.717, 1.165) is 33.0 Å². The van der Waals surface area contributed by atoms with E-state index in [1.165, 1.54) is 0 Å². The molecule has 0 saturated carbocycles. The van der Waals surface area contributed by atoms with Crippen LogP contribution in [0.5, 0.6) is 5.75 Å². The lowest BCUT2D eigenvalue weighted by atomic mass is 9.98. The molecule has 4 amide bonds. The van der Waals surface area contributed by atoms with E-state index in [4.69, 9.17) is 4.42 Å². The lowest BCUT2D eigenvalue weighted by Crippen LogP contribution is -2.76. The average Bonchev–Trinajstić information content (AvgIpc) is 3.47. The molecule has 2 aliphatic rings. The zero-order valence-corrected chi connectivity index (χ0v) is 25.8. The van der Waals surface area contributed by atoms with Crippen LogP contribution in [0.2, 0.25) is 0 Å². The number of hydrogen-bond donors (Lipinski definition) is 2. The Bertz CT molecular complexity index is 1960. The Hall–Kier alpha value is -5.61. The van der Waals surface area contributed by atoms with E-state index in [1.54, 1.807) is 50.2 Å². The molecule has 2 atom stereocenters. The number of rotatable bonds is 8. The summed E-state index contributed by atoms with van der Waals surface area (Å²) in [5, 5.41) is 18.1. The number of fused-ring (bicyclic) bond motifs is 4. The zero-order chi connectivity index (χ0) is 32.5. The molecule has 2 saturated heterocycles. The molecule has 3 heterocycles. The molecule has 0 unspecified atom stereocenters. The van der Waals surface area contributed by atoms with Crippen molar-refractivity contribution in [3.8, 4) is 5.75 Å². The molecule has 238 valence electrons. The number of nitrogens with one attached hydrogen (secondary N) is 1. The summed E-state index contributed by atoms with van der Waals surface area (Å²) in [4.78, 5) is 45.6. The molecule has 47 heavy (non-hydrogen) atoms. The number of para-hydroxylation sites is 2. The van der Waals surface area contributed by atoms with Crippen LogP contribution >= 0.6 is 0 Å². The van der Waals surface area contributed by atoms with E-state index >= 15 is 0 Å². The van der Waals surface area contributed by atoms with Crippen molar-refractivity contribution in [3.63, 3.8) is 0 Å². The standard InChI is InChI=1S/C37H35N5O5/c1-2-19-40-24-34(44)41-31(20-25-15-17-28(43)18-16-25)36(45)39(23-33(41)42(40)37(46)38-21-26-9-4-3-5-10-26)22-27-11-8-13-30-29-12-6-7-14-32(29)47-35(27)30/h2-18,31,33,43H,1,19-24H2,(H,38,46)/t31-,33-/m0/s1. The van der Waals surface area contributed by atoms with Gasteiger partial charge in [0.05, 0.1) is 13.1 Å². The number of aromatic hydroxyl groups is 1. The third kappa shape index (κ3) is 5.79. The van der Waals surface area contributed by atoms with Crippen molar-refractivity contribution < 1.29 is 23.9 Å². The number of amides is 4. The number of nitrogens with zero attached hydrogens (tertiary/aromatic N) is 4. The van der Waals surface area contributed by atoms with Crippen LogP contribution in [0.15, 0.2) is 114 Å². The van der Waals surface area contributed by atoms with E-state index < -0.39 is 12.2 Å². The van der Waals surface area contributed by atoms with Crippen LogP contribution in [0, 0.1) is 0 Å². The normalized spacial score (nSPS) is 18.5. The molecule has 2 fully saturated rings. The van der Waals surface area contributed by atoms with Crippen molar-refractivity contribution in [2.75, 3.05) is 19.6 Å². The molecule has 0 spiro atoms. The SMILES string of the molecule is C=CCN1CC(=O)N2[C@@H](Cc3ccc(O)cc3)C(=O)N(Cc3cccc4c3oc3ccccc34)C[C@@H]2N1C(=O)NCc1ccccc1. The van der Waals surface area contributed by atoms with Gasteiger partial charge >= 0.3 is 6.03 Å². The fraction of sp³-hybridized carbons (Fsp3) is 0.216. The lowest BCUT2D eigenvalue weighted by molar-refractivity contribution is -0.189. The molecule has 0 radical (unpaired) electrons. The highest BCUT2D eigenvalue weighted by molar-refractivity contribution is 6.05. The highest BCUT2D eigenvalue weighted by Crippen LogP contribution is 2.34. The Morgan fingerprint density at radius 3 is 2.45 bits per heavy atom. The van der Waals surface area contributed by atoms with Gasteiger partial charge in [-0.2, -0.15) is 0 Å². The van der Waals surface area contributed by atoms with Crippen molar-refractivity contribution in [1.29, 1.82) is 0 Å². The van der Waals surface area contributed by atoms with Crippen molar-refractivity contribution in [2.24, 2.45) is 0 Å². The molecular weight excluding hydrogens is 594 g/mol. The Labute approximate surface area is 272 Å². The summed E-state index contributed by atoms with van der Waals surface area (Å²) in [6.07, 6.45) is 1.09. The van der Waals surface area contributed by atoms with Crippen LogP contribution < -0.4 is 5.32 Å². The number of carbonyl (C=O) groups is 3. The smallest absolute Gasteiger partial charge is 0.334 e. The number of phenolic OH excluding ortho intramolecular Hbond substituents is 1. The molecule has 4 aromatic carbocycles. The zero-order valence-electron chi connectivity index (χ0n) is 25.8. The Morgan fingerprint density at radius 1 is 0.915 bits per heavy atom. The topological polar surface area (TPSA) is 110 Å². The Kier molecular flexibility index (Phi) is 8.09. The highest BCUT2D eigenvalue weighted by Gasteiger charge is 2.51. The van der Waals surface area contributed by atoms with Gasteiger partial charge in [0.25, 0.3) is 0 Å². The van der Waals surface area contributed by atoms with Gasteiger partial charge in [0.15, 0.2) is 0 Å². The molecular formula is C37H35N5O5. The van der Waals surface area contributed by atoms with Gasteiger partial charge in [-0.25, -0.2) is 14.8 Å². The van der Waals surface area contributed by atoms with Gasteiger partial charge < -0.3 is 24.6 Å². The first kappa shape index (κ1) is 30.1. The van der Waals surface area contributed by atoms with Crippen LogP contribution in [0.1, 0.15) is 16.7 Å². The van der Waals surface area contributed by atoms with Crippen molar-refractivity contribution in [2.45, 2.75) is 31.7 Å². The van der Waals surface area contributed by atoms with E-state index in [9.17, 15) is 19.5 Å². The van der Waals surface area contributed by atoms with E-state index in [0.29, 0.717) is 12.1 Å². The van der Waals surface area contributed by atoms with Crippen molar-refractivity contribution in [3.05, 3.63) is 126 Å². The third-order valence-electron chi connectivity index (χ3n) is 8.88. The summed E-state index contributed by atoms with van der Waals surface area (Å²) in [7, 11) is 0. The van der Waals surface area contributed by atoms with Gasteiger partial charge in [-0.15, -0.1) is 6.58 Å². The monoisotopic (exact) mass is 629 g/mol. The number of hydrogen-bond acceptors (Lipinski definition) is 6. The van der Waals surface area contributed by atoms with Crippen LogP contribution in [0.25, 0.3) is 21.9 Å². The lowest BCUT2D eigenvalue weighted by Gasteiger charge is -2.55. The molecule has 2 aliphatic heterocycles. The number of phenols is 1. The molecule has 7 rings (SSSR count). The maximum atomic E-state index is 14.4. The van der Waals surface area contributed by atoms with Crippen LogP contribution in [-0.2, 0) is 29.1 Å². The van der Waals surface area contributed by atoms with Gasteiger partial charge in [0.2, 0.25) is 11.8 Å². The number of hydrazine groups is 1. The maximum absolute atomic E-state index is 14.4. The van der Waals surface area contributed by atoms with Gasteiger partial charge in [-0.05, 0) is 29.3 Å². The molecule has 10 nitrogen and oxygen atoms in total. The summed E-state index contributed by atoms with van der Waals surface area (Å²) >= 11 is 0. The van der Waals surface area contributed by atoms with Crippen LogP contribution in [0.4, 0.5) is 4.79 Å². The van der Waals surface area contributed by atoms with Gasteiger partial charge in [0.1, 0.15) is 29.1 Å². The Balaban J connectivity index is 1.26. The molecule has 10 heteroatoms. The van der Waals surface area contributed by atoms with E-state index in [-0.39, 0.29) is 56.2 Å². The number of benzene rings is 4. The van der Waals surface area contributed by atoms with Crippen LogP contribution in [-0.4, -0.2) is 74.6 Å². The second-order valence-electron chi connectivity index (χ2n) is 11.9. The predicted molar refractivity (Wildman–Crippen MR) is 178 cm³/mol. The first-order valence-electron chi connectivity index (χ1n) is 15.6. The largest absolute Gasteiger partial charge is 0.508 e. The minimum atomic E-state index is -0.879. The summed E-state index contributed by atoms with van der Waals surface area (Å²) in [5.41, 5.74) is 4.00. The summed E-state index contributed by atoms with van der Waals surface area (Å²) < 4.78 is 6.28. The average molecular weight is 630 g/mol. The second-order valence-corrected chi connectivity index (χ2v) is 11.9. The fourth-order valence-electron chi connectivity index (χ4n) is 6.69. The fourth-order valence-corrected chi connectivity index (χ4v) is 6.69. The van der Waals surface area contributed by atoms with Crippen molar-refractivity contribution in [1.82, 2.24) is 25.1 Å². The number of carbonyl (C=O) groups excluding carboxylic acids is 3. The van der Waals surface area contributed by atoms with Crippen molar-refractivity contribution >= 4 is 39.8 Å². The minimum Gasteiger partial charge on any atom is -0.508 e. The van der Waals surface area contributed by atoms with E-state index in [2.05, 4.69) is 11.9 Å². The minimum absolute atomic E-state index is 0.0844. The number of furan rings is 1. The first-order chi connectivity index (χ1) is 22.9. The molecule has 0 aliphatic carbocycles. The third-order valence-corrected chi connectivity index (χ3v) is 8.88. The molecule has 5 aromatic rings. The number of urea groups is 1. The van der Waals surface area contributed by atoms with E-state index in [1.807, 2.05) is 72.8 Å². The van der Waals surface area contributed by atoms with Gasteiger partial charge in [-0.1, -0.05) is 84.9 Å².